The predicted octanol–water partition coefficient (Wildman–Crippen LogP) is 2.13. The highest BCUT2D eigenvalue weighted by atomic mass is 79.9. The smallest absolute Gasteiger partial charge is 0.264 e. The van der Waals surface area contributed by atoms with Gasteiger partial charge in [0.1, 0.15) is 10.7 Å². The first-order chi connectivity index (χ1) is 8.38. The van der Waals surface area contributed by atoms with Crippen LogP contribution in [0.25, 0.3) is 0 Å². The van der Waals surface area contributed by atoms with Gasteiger partial charge in [0.15, 0.2) is 5.82 Å². The van der Waals surface area contributed by atoms with Crippen molar-refractivity contribution in [3.8, 4) is 0 Å². The molecule has 0 aliphatic rings. The SMILES string of the molecule is Cc1cc(NS(=O)(=O)c2ccc(N)cc2Br)no1. The summed E-state index contributed by atoms with van der Waals surface area (Å²) in [7, 11) is -3.72. The summed E-state index contributed by atoms with van der Waals surface area (Å²) in [6, 6.07) is 5.92. The van der Waals surface area contributed by atoms with Crippen LogP contribution in [0.1, 0.15) is 5.76 Å². The van der Waals surface area contributed by atoms with Crippen LogP contribution in [0.3, 0.4) is 0 Å². The molecule has 0 aliphatic heterocycles. The number of sulfonamides is 1. The molecule has 2 rings (SSSR count). The molecular weight excluding hydrogens is 322 g/mol. The molecule has 0 spiro atoms. The summed E-state index contributed by atoms with van der Waals surface area (Å²) < 4.78 is 31.6. The molecule has 0 bridgehead atoms. The van der Waals surface area contributed by atoms with Gasteiger partial charge in [-0.2, -0.15) is 0 Å². The third-order valence-corrected chi connectivity index (χ3v) is 4.44. The Kier molecular flexibility index (Phi) is 3.31. The number of hydrogen-bond donors (Lipinski definition) is 2. The lowest BCUT2D eigenvalue weighted by Gasteiger charge is -2.07. The molecule has 0 saturated heterocycles. The van der Waals surface area contributed by atoms with E-state index in [2.05, 4.69) is 25.8 Å². The second-order valence-electron chi connectivity index (χ2n) is 3.62. The van der Waals surface area contributed by atoms with Gasteiger partial charge in [0.2, 0.25) is 0 Å². The van der Waals surface area contributed by atoms with Gasteiger partial charge in [-0.05, 0) is 41.1 Å². The predicted molar refractivity (Wildman–Crippen MR) is 70.6 cm³/mol. The normalized spacial score (nSPS) is 11.4. The summed E-state index contributed by atoms with van der Waals surface area (Å²) in [6.45, 7) is 1.67. The first kappa shape index (κ1) is 12.9. The maximum Gasteiger partial charge on any atom is 0.264 e. The van der Waals surface area contributed by atoms with Crippen LogP contribution < -0.4 is 10.5 Å². The monoisotopic (exact) mass is 331 g/mol. The Morgan fingerprint density at radius 1 is 1.39 bits per heavy atom. The molecule has 0 aliphatic carbocycles. The maximum absolute atomic E-state index is 12.1. The van der Waals surface area contributed by atoms with Crippen LogP contribution in [0, 0.1) is 6.92 Å². The van der Waals surface area contributed by atoms with Crippen molar-refractivity contribution in [2.75, 3.05) is 10.5 Å². The van der Waals surface area contributed by atoms with E-state index in [1.165, 1.54) is 24.3 Å². The first-order valence-corrected chi connectivity index (χ1v) is 7.17. The molecule has 0 fully saturated rings. The van der Waals surface area contributed by atoms with Gasteiger partial charge in [-0.1, -0.05) is 5.16 Å². The number of halogens is 1. The molecule has 2 aromatic rings. The zero-order valence-corrected chi connectivity index (χ0v) is 11.7. The van der Waals surface area contributed by atoms with Gasteiger partial charge in [-0.15, -0.1) is 0 Å². The first-order valence-electron chi connectivity index (χ1n) is 4.89. The zero-order valence-electron chi connectivity index (χ0n) is 9.34. The molecule has 18 heavy (non-hydrogen) atoms. The van der Waals surface area contributed by atoms with E-state index in [9.17, 15) is 8.42 Å². The molecule has 0 atom stereocenters. The highest BCUT2D eigenvalue weighted by Gasteiger charge is 2.19. The van der Waals surface area contributed by atoms with Crippen molar-refractivity contribution in [1.82, 2.24) is 5.16 Å². The Balaban J connectivity index is 2.36. The highest BCUT2D eigenvalue weighted by molar-refractivity contribution is 9.10. The van der Waals surface area contributed by atoms with Gasteiger partial charge in [0.25, 0.3) is 10.0 Å². The van der Waals surface area contributed by atoms with E-state index in [1.54, 1.807) is 6.92 Å². The van der Waals surface area contributed by atoms with Gasteiger partial charge in [0.05, 0.1) is 0 Å². The van der Waals surface area contributed by atoms with Gasteiger partial charge in [-0.25, -0.2) is 8.42 Å². The molecule has 8 heteroatoms. The van der Waals surface area contributed by atoms with Crippen molar-refractivity contribution in [3.63, 3.8) is 0 Å². The van der Waals surface area contributed by atoms with Crippen molar-refractivity contribution in [3.05, 3.63) is 34.5 Å². The molecule has 0 saturated carbocycles. The van der Waals surface area contributed by atoms with Crippen molar-refractivity contribution in [1.29, 1.82) is 0 Å². The summed E-state index contributed by atoms with van der Waals surface area (Å²) >= 11 is 3.16. The zero-order chi connectivity index (χ0) is 13.3. The Morgan fingerprint density at radius 3 is 2.67 bits per heavy atom. The van der Waals surface area contributed by atoms with Crippen molar-refractivity contribution in [2.24, 2.45) is 0 Å². The standard InChI is InChI=1S/C10H10BrN3O3S/c1-6-4-10(13-17-6)14-18(15,16)9-3-2-7(12)5-8(9)11/h2-5H,12H2,1H3,(H,13,14). The fraction of sp³-hybridized carbons (Fsp3) is 0.100. The van der Waals surface area contributed by atoms with E-state index < -0.39 is 10.0 Å². The van der Waals surface area contributed by atoms with Gasteiger partial charge < -0.3 is 10.3 Å². The van der Waals surface area contributed by atoms with E-state index in [4.69, 9.17) is 10.3 Å². The van der Waals surface area contributed by atoms with Crippen molar-refractivity contribution < 1.29 is 12.9 Å². The number of nitrogens with zero attached hydrogens (tertiary/aromatic N) is 1. The van der Waals surface area contributed by atoms with E-state index in [1.807, 2.05) is 0 Å². The van der Waals surface area contributed by atoms with Crippen LogP contribution in [-0.4, -0.2) is 13.6 Å². The van der Waals surface area contributed by atoms with E-state index in [0.29, 0.717) is 15.9 Å². The Hall–Kier alpha value is -1.54. The molecule has 1 aromatic heterocycles. The number of nitrogens with two attached hydrogens (primary N) is 1. The second kappa shape index (κ2) is 4.62. The topological polar surface area (TPSA) is 98.2 Å². The maximum atomic E-state index is 12.1. The third-order valence-electron chi connectivity index (χ3n) is 2.11. The Bertz CT molecular complexity index is 681. The van der Waals surface area contributed by atoms with Crippen LogP contribution in [0.2, 0.25) is 0 Å². The van der Waals surface area contributed by atoms with Crippen LogP contribution >= 0.6 is 15.9 Å². The van der Waals surface area contributed by atoms with E-state index in [0.717, 1.165) is 0 Å². The molecule has 3 N–H and O–H groups in total. The van der Waals surface area contributed by atoms with Gasteiger partial charge in [-0.3, -0.25) is 4.72 Å². The molecule has 0 amide bonds. The number of benzene rings is 1. The molecule has 96 valence electrons. The third kappa shape index (κ3) is 2.65. The number of aromatic nitrogens is 1. The average Bonchev–Trinajstić information content (AvgIpc) is 2.62. The number of nitrogen functional groups attached to an aromatic ring is 1. The molecule has 1 heterocycles. The average molecular weight is 332 g/mol. The van der Waals surface area contributed by atoms with E-state index >= 15 is 0 Å². The molecular formula is C10H10BrN3O3S. The number of nitrogens with one attached hydrogen (secondary N) is 1. The van der Waals surface area contributed by atoms with Crippen LogP contribution in [0.15, 0.2) is 38.2 Å². The van der Waals surface area contributed by atoms with Crippen molar-refractivity contribution in [2.45, 2.75) is 11.8 Å². The van der Waals surface area contributed by atoms with Gasteiger partial charge in [0, 0.05) is 16.2 Å². The Labute approximate surface area is 112 Å². The lowest BCUT2D eigenvalue weighted by molar-refractivity contribution is 0.400. The Morgan fingerprint density at radius 2 is 2.11 bits per heavy atom. The molecule has 0 unspecified atom stereocenters. The minimum atomic E-state index is -3.72. The molecule has 6 nitrogen and oxygen atoms in total. The number of anilines is 2. The minimum Gasteiger partial charge on any atom is -0.399 e. The number of hydrogen-bond acceptors (Lipinski definition) is 5. The van der Waals surface area contributed by atoms with Crippen LogP contribution in [0.4, 0.5) is 11.5 Å². The second-order valence-corrected chi connectivity index (χ2v) is 6.12. The summed E-state index contributed by atoms with van der Waals surface area (Å²) in [6.07, 6.45) is 0. The fourth-order valence-electron chi connectivity index (χ4n) is 1.34. The lowest BCUT2D eigenvalue weighted by Crippen LogP contribution is -2.13. The molecule has 0 radical (unpaired) electrons. The summed E-state index contributed by atoms with van der Waals surface area (Å²) in [4.78, 5) is 0.0809. The summed E-state index contributed by atoms with van der Waals surface area (Å²) in [5.74, 6) is 0.653. The van der Waals surface area contributed by atoms with Crippen molar-refractivity contribution >= 4 is 37.5 Å². The fourth-order valence-corrected chi connectivity index (χ4v) is 3.42. The quantitative estimate of drug-likeness (QED) is 0.839. The van der Waals surface area contributed by atoms with Crippen LogP contribution in [0.5, 0.6) is 0 Å². The largest absolute Gasteiger partial charge is 0.399 e. The van der Waals surface area contributed by atoms with Crippen LogP contribution in [-0.2, 0) is 10.0 Å². The summed E-state index contributed by atoms with van der Waals surface area (Å²) in [5, 5.41) is 3.57. The number of rotatable bonds is 3. The molecule has 1 aromatic carbocycles. The van der Waals surface area contributed by atoms with E-state index in [-0.39, 0.29) is 10.7 Å². The minimum absolute atomic E-state index is 0.0809. The van der Waals surface area contributed by atoms with Gasteiger partial charge >= 0.3 is 0 Å². The lowest BCUT2D eigenvalue weighted by atomic mass is 10.3. The highest BCUT2D eigenvalue weighted by Crippen LogP contribution is 2.26. The number of aryl methyl sites for hydroxylation is 1. The summed E-state index contributed by atoms with van der Waals surface area (Å²) in [5.41, 5.74) is 6.02.